The summed E-state index contributed by atoms with van der Waals surface area (Å²) in [5.41, 5.74) is 5.76. The second-order valence-corrected chi connectivity index (χ2v) is 9.40. The number of hydrogen-bond acceptors (Lipinski definition) is 3. The molecule has 0 bridgehead atoms. The Labute approximate surface area is 210 Å². The van der Waals surface area contributed by atoms with E-state index in [9.17, 15) is 9.18 Å². The summed E-state index contributed by atoms with van der Waals surface area (Å²) in [6.45, 7) is 8.31. The lowest BCUT2D eigenvalue weighted by Crippen LogP contribution is -2.14. The SMILES string of the molecule is Cc1nn(Cc2cccc(C(=O)Nc3c(C)nn(Cc4c(F)cccc4Cl)c3C)c2)c(C)c1Br. The first-order valence-electron chi connectivity index (χ1n) is 10.7. The molecule has 0 saturated carbocycles. The molecule has 0 unspecified atom stereocenters. The Morgan fingerprint density at radius 1 is 1.00 bits per heavy atom. The van der Waals surface area contributed by atoms with Gasteiger partial charge in [0.25, 0.3) is 5.91 Å². The number of anilines is 1. The van der Waals surface area contributed by atoms with Crippen molar-refractivity contribution in [2.75, 3.05) is 5.32 Å². The number of halogens is 3. The molecule has 1 N–H and O–H groups in total. The predicted molar refractivity (Wildman–Crippen MR) is 135 cm³/mol. The molecule has 0 fully saturated rings. The Morgan fingerprint density at radius 2 is 1.68 bits per heavy atom. The van der Waals surface area contributed by atoms with Crippen molar-refractivity contribution in [1.29, 1.82) is 0 Å². The summed E-state index contributed by atoms with van der Waals surface area (Å²) in [5, 5.41) is 12.3. The van der Waals surface area contributed by atoms with Crippen LogP contribution in [0.4, 0.5) is 10.1 Å². The van der Waals surface area contributed by atoms with Crippen LogP contribution in [0.5, 0.6) is 0 Å². The zero-order valence-electron chi connectivity index (χ0n) is 19.3. The molecule has 4 rings (SSSR count). The van der Waals surface area contributed by atoms with E-state index in [1.54, 1.807) is 29.8 Å². The van der Waals surface area contributed by atoms with Crippen molar-refractivity contribution in [2.45, 2.75) is 40.8 Å². The van der Waals surface area contributed by atoms with Gasteiger partial charge in [0, 0.05) is 16.1 Å². The van der Waals surface area contributed by atoms with Gasteiger partial charge >= 0.3 is 0 Å². The molecule has 2 heterocycles. The molecule has 0 atom stereocenters. The lowest BCUT2D eigenvalue weighted by Gasteiger charge is -2.10. The first kappa shape index (κ1) is 24.2. The molecule has 0 radical (unpaired) electrons. The Morgan fingerprint density at radius 3 is 2.35 bits per heavy atom. The molecule has 0 aliphatic rings. The standard InChI is InChI=1S/C25H24BrClFN5O/c1-14-23(26)16(3)32(30-14)12-18-7-5-8-19(11-18)25(34)29-24-15(2)31-33(17(24)4)13-20-21(27)9-6-10-22(20)28/h5-11H,12-13H2,1-4H3,(H,29,34). The number of aromatic nitrogens is 4. The molecule has 2 aromatic heterocycles. The second kappa shape index (κ2) is 9.72. The molecule has 0 saturated heterocycles. The van der Waals surface area contributed by atoms with Gasteiger partial charge in [-0.2, -0.15) is 10.2 Å². The van der Waals surface area contributed by atoms with Crippen molar-refractivity contribution in [2.24, 2.45) is 0 Å². The first-order chi connectivity index (χ1) is 16.2. The molecular formula is C25H24BrClFN5O. The lowest BCUT2D eigenvalue weighted by atomic mass is 10.1. The fourth-order valence-corrected chi connectivity index (χ4v) is 4.37. The van der Waals surface area contributed by atoms with Crippen LogP contribution < -0.4 is 5.32 Å². The normalized spacial score (nSPS) is 11.1. The van der Waals surface area contributed by atoms with Crippen LogP contribution in [-0.2, 0) is 13.1 Å². The smallest absolute Gasteiger partial charge is 0.255 e. The number of hydrogen-bond donors (Lipinski definition) is 1. The summed E-state index contributed by atoms with van der Waals surface area (Å²) in [7, 11) is 0. The highest BCUT2D eigenvalue weighted by Gasteiger charge is 2.18. The predicted octanol–water partition coefficient (Wildman–Crippen LogP) is 6.22. The number of nitrogens with one attached hydrogen (secondary N) is 1. The maximum absolute atomic E-state index is 14.2. The van der Waals surface area contributed by atoms with E-state index in [1.165, 1.54) is 6.07 Å². The van der Waals surface area contributed by atoms with E-state index in [0.717, 1.165) is 21.4 Å². The van der Waals surface area contributed by atoms with Gasteiger partial charge in [0.2, 0.25) is 0 Å². The number of carbonyl (C=O) groups is 1. The Balaban J connectivity index is 1.54. The largest absolute Gasteiger partial charge is 0.319 e. The van der Waals surface area contributed by atoms with E-state index < -0.39 is 5.82 Å². The van der Waals surface area contributed by atoms with Gasteiger partial charge in [-0.3, -0.25) is 14.2 Å². The molecular weight excluding hydrogens is 521 g/mol. The molecule has 34 heavy (non-hydrogen) atoms. The Bertz CT molecular complexity index is 1370. The van der Waals surface area contributed by atoms with Crippen molar-refractivity contribution in [3.63, 3.8) is 0 Å². The number of carbonyl (C=O) groups excluding carboxylic acids is 1. The summed E-state index contributed by atoms with van der Waals surface area (Å²) >= 11 is 9.72. The summed E-state index contributed by atoms with van der Waals surface area (Å²) in [6, 6.07) is 12.0. The monoisotopic (exact) mass is 543 g/mol. The van der Waals surface area contributed by atoms with Crippen molar-refractivity contribution >= 4 is 39.1 Å². The summed E-state index contributed by atoms with van der Waals surface area (Å²) in [4.78, 5) is 13.1. The van der Waals surface area contributed by atoms with Gasteiger partial charge in [-0.05, 0) is 73.5 Å². The van der Waals surface area contributed by atoms with Gasteiger partial charge in [-0.1, -0.05) is 29.8 Å². The number of rotatable bonds is 6. The Hall–Kier alpha value is -2.97. The maximum atomic E-state index is 14.2. The van der Waals surface area contributed by atoms with Gasteiger partial charge in [0.15, 0.2) is 0 Å². The van der Waals surface area contributed by atoms with E-state index in [4.69, 9.17) is 11.6 Å². The third kappa shape index (κ3) is 4.79. The summed E-state index contributed by atoms with van der Waals surface area (Å²) < 4.78 is 18.8. The van der Waals surface area contributed by atoms with Crippen LogP contribution in [0, 0.1) is 33.5 Å². The first-order valence-corrected chi connectivity index (χ1v) is 11.9. The van der Waals surface area contributed by atoms with E-state index in [1.807, 2.05) is 43.7 Å². The van der Waals surface area contributed by atoms with Crippen LogP contribution in [0.15, 0.2) is 46.9 Å². The van der Waals surface area contributed by atoms with Crippen LogP contribution in [-0.4, -0.2) is 25.5 Å². The molecule has 9 heteroatoms. The zero-order valence-corrected chi connectivity index (χ0v) is 21.6. The van der Waals surface area contributed by atoms with E-state index in [2.05, 4.69) is 31.4 Å². The quantitative estimate of drug-likeness (QED) is 0.314. The number of amides is 1. The third-order valence-corrected chi connectivity index (χ3v) is 7.31. The zero-order chi connectivity index (χ0) is 24.6. The minimum Gasteiger partial charge on any atom is -0.319 e. The highest BCUT2D eigenvalue weighted by Crippen LogP contribution is 2.25. The fourth-order valence-electron chi connectivity index (χ4n) is 3.86. The molecule has 0 aliphatic heterocycles. The van der Waals surface area contributed by atoms with Crippen LogP contribution in [0.1, 0.15) is 44.3 Å². The van der Waals surface area contributed by atoms with E-state index >= 15 is 0 Å². The number of benzene rings is 2. The van der Waals surface area contributed by atoms with Crippen molar-refractivity contribution in [3.8, 4) is 0 Å². The summed E-state index contributed by atoms with van der Waals surface area (Å²) in [6.07, 6.45) is 0. The molecule has 0 aliphatic carbocycles. The van der Waals surface area contributed by atoms with Crippen LogP contribution >= 0.6 is 27.5 Å². The molecule has 0 spiro atoms. The lowest BCUT2D eigenvalue weighted by molar-refractivity contribution is 0.102. The van der Waals surface area contributed by atoms with Crippen LogP contribution in [0.2, 0.25) is 5.02 Å². The minimum atomic E-state index is -0.392. The third-order valence-electron chi connectivity index (χ3n) is 5.80. The Kier molecular flexibility index (Phi) is 6.91. The van der Waals surface area contributed by atoms with Crippen molar-refractivity contribution in [3.05, 3.63) is 97.2 Å². The molecule has 176 valence electrons. The average molecular weight is 545 g/mol. The minimum absolute atomic E-state index is 0.168. The van der Waals surface area contributed by atoms with E-state index in [-0.39, 0.29) is 12.5 Å². The van der Waals surface area contributed by atoms with Crippen molar-refractivity contribution in [1.82, 2.24) is 19.6 Å². The van der Waals surface area contributed by atoms with Gasteiger partial charge in [0.1, 0.15) is 5.82 Å². The fraction of sp³-hybridized carbons (Fsp3) is 0.240. The highest BCUT2D eigenvalue weighted by molar-refractivity contribution is 9.10. The second-order valence-electron chi connectivity index (χ2n) is 8.20. The summed E-state index contributed by atoms with van der Waals surface area (Å²) in [5.74, 6) is -0.636. The van der Waals surface area contributed by atoms with Gasteiger partial charge in [-0.15, -0.1) is 0 Å². The topological polar surface area (TPSA) is 64.7 Å². The van der Waals surface area contributed by atoms with Crippen LogP contribution in [0.25, 0.3) is 0 Å². The highest BCUT2D eigenvalue weighted by atomic mass is 79.9. The number of nitrogens with zero attached hydrogens (tertiary/aromatic N) is 4. The molecule has 2 aromatic carbocycles. The van der Waals surface area contributed by atoms with Gasteiger partial charge in [0.05, 0.1) is 46.0 Å². The van der Waals surface area contributed by atoms with Gasteiger partial charge < -0.3 is 5.32 Å². The molecule has 4 aromatic rings. The van der Waals surface area contributed by atoms with Crippen molar-refractivity contribution < 1.29 is 9.18 Å². The van der Waals surface area contributed by atoms with Crippen LogP contribution in [0.3, 0.4) is 0 Å². The molecule has 1 amide bonds. The average Bonchev–Trinajstić information content (AvgIpc) is 3.20. The maximum Gasteiger partial charge on any atom is 0.255 e. The van der Waals surface area contributed by atoms with Gasteiger partial charge in [-0.25, -0.2) is 4.39 Å². The van der Waals surface area contributed by atoms with E-state index in [0.29, 0.717) is 39.8 Å². The number of aryl methyl sites for hydroxylation is 2. The molecule has 6 nitrogen and oxygen atoms in total.